The Labute approximate surface area is 138 Å². The number of carbonyl (C=O) groups is 1. The molecule has 0 aliphatic carbocycles. The third kappa shape index (κ3) is 3.53. The van der Waals surface area contributed by atoms with Gasteiger partial charge in [0.2, 0.25) is 0 Å². The van der Waals surface area contributed by atoms with Crippen LogP contribution in [0.3, 0.4) is 0 Å². The van der Waals surface area contributed by atoms with Crippen molar-refractivity contribution in [3.63, 3.8) is 0 Å². The van der Waals surface area contributed by atoms with E-state index in [2.05, 4.69) is 0 Å². The molecule has 1 aromatic carbocycles. The van der Waals surface area contributed by atoms with Gasteiger partial charge in [0.1, 0.15) is 11.3 Å². The maximum Gasteiger partial charge on any atom is 0.494 e. The van der Waals surface area contributed by atoms with Gasteiger partial charge in [-0.15, -0.1) is 0 Å². The van der Waals surface area contributed by atoms with E-state index >= 15 is 0 Å². The number of rotatable bonds is 5. The van der Waals surface area contributed by atoms with Gasteiger partial charge >= 0.3 is 13.1 Å². The number of carbonyl (C=O) groups excluding carboxylic acids is 1. The fraction of sp³-hybridized carbons (Fsp3) is 0.588. The van der Waals surface area contributed by atoms with Crippen LogP contribution in [0.4, 0.5) is 0 Å². The van der Waals surface area contributed by atoms with Gasteiger partial charge < -0.3 is 18.8 Å². The molecule has 1 aromatic rings. The van der Waals surface area contributed by atoms with Gasteiger partial charge in [0.05, 0.1) is 24.9 Å². The van der Waals surface area contributed by atoms with Crippen molar-refractivity contribution in [2.75, 3.05) is 13.7 Å². The van der Waals surface area contributed by atoms with Crippen molar-refractivity contribution in [2.24, 2.45) is 0 Å². The van der Waals surface area contributed by atoms with Crippen LogP contribution in [0.1, 0.15) is 51.4 Å². The molecular formula is C17H25BO5. The van der Waals surface area contributed by atoms with Crippen LogP contribution in [0, 0.1) is 0 Å². The predicted octanol–water partition coefficient (Wildman–Crippen LogP) is 2.56. The second-order valence-electron chi connectivity index (χ2n) is 6.68. The van der Waals surface area contributed by atoms with Crippen LogP contribution in [0.15, 0.2) is 18.2 Å². The Morgan fingerprint density at radius 1 is 1.17 bits per heavy atom. The lowest BCUT2D eigenvalue weighted by molar-refractivity contribution is 0.00578. The van der Waals surface area contributed by atoms with Gasteiger partial charge in [0, 0.05) is 0 Å². The average Bonchev–Trinajstić information content (AvgIpc) is 2.72. The molecule has 0 bridgehead atoms. The van der Waals surface area contributed by atoms with E-state index in [9.17, 15) is 4.79 Å². The molecular weight excluding hydrogens is 295 g/mol. The Bertz CT molecular complexity index is 566. The zero-order valence-corrected chi connectivity index (χ0v) is 14.8. The van der Waals surface area contributed by atoms with E-state index in [-0.39, 0.29) is 0 Å². The molecule has 0 amide bonds. The van der Waals surface area contributed by atoms with Gasteiger partial charge in [-0.1, -0.05) is 13.0 Å². The molecule has 0 aromatic heterocycles. The lowest BCUT2D eigenvalue weighted by Crippen LogP contribution is -2.41. The third-order valence-electron chi connectivity index (χ3n) is 4.40. The molecule has 2 rings (SSSR count). The Balaban J connectivity index is 2.32. The van der Waals surface area contributed by atoms with Crippen LogP contribution < -0.4 is 10.2 Å². The van der Waals surface area contributed by atoms with E-state index in [1.807, 2.05) is 40.7 Å². The second kappa shape index (κ2) is 6.53. The molecule has 126 valence electrons. The van der Waals surface area contributed by atoms with E-state index in [0.717, 1.165) is 11.9 Å². The van der Waals surface area contributed by atoms with Crippen molar-refractivity contribution >= 4 is 18.6 Å². The van der Waals surface area contributed by atoms with Crippen LogP contribution in [0.25, 0.3) is 0 Å². The normalized spacial score (nSPS) is 18.8. The molecule has 6 heteroatoms. The summed E-state index contributed by atoms with van der Waals surface area (Å²) in [5.74, 6) is 0.0717. The van der Waals surface area contributed by atoms with Gasteiger partial charge in [0.15, 0.2) is 0 Å². The first kappa shape index (κ1) is 17.8. The summed E-state index contributed by atoms with van der Waals surface area (Å²) in [6.45, 7) is 10.6. The minimum absolute atomic E-state index is 0.404. The summed E-state index contributed by atoms with van der Waals surface area (Å²) < 4.78 is 22.6. The predicted molar refractivity (Wildman–Crippen MR) is 89.3 cm³/mol. The van der Waals surface area contributed by atoms with E-state index in [1.165, 1.54) is 7.11 Å². The van der Waals surface area contributed by atoms with Crippen LogP contribution in [-0.4, -0.2) is 38.0 Å². The maximum absolute atomic E-state index is 11.9. The minimum atomic E-state index is -0.490. The number of benzene rings is 1. The minimum Gasteiger partial charge on any atom is -0.493 e. The lowest BCUT2D eigenvalue weighted by Gasteiger charge is -2.32. The topological polar surface area (TPSA) is 54.0 Å². The van der Waals surface area contributed by atoms with Gasteiger partial charge in [-0.2, -0.15) is 0 Å². The second-order valence-corrected chi connectivity index (χ2v) is 6.68. The molecule has 5 nitrogen and oxygen atoms in total. The molecule has 0 unspecified atom stereocenters. The molecule has 1 aliphatic heterocycles. The summed E-state index contributed by atoms with van der Waals surface area (Å²) in [7, 11) is 0.865. The number of ether oxygens (including phenoxy) is 2. The van der Waals surface area contributed by atoms with Crippen LogP contribution in [0.2, 0.25) is 0 Å². The largest absolute Gasteiger partial charge is 0.494 e. The Hall–Kier alpha value is -1.53. The number of esters is 1. The Morgan fingerprint density at radius 3 is 2.30 bits per heavy atom. The molecule has 0 radical (unpaired) electrons. The van der Waals surface area contributed by atoms with E-state index < -0.39 is 24.3 Å². The van der Waals surface area contributed by atoms with Gasteiger partial charge in [-0.05, 0) is 51.7 Å². The highest BCUT2D eigenvalue weighted by Crippen LogP contribution is 2.36. The molecule has 23 heavy (non-hydrogen) atoms. The molecule has 0 N–H and O–H groups in total. The first-order valence-corrected chi connectivity index (χ1v) is 7.92. The molecule has 1 fully saturated rings. The summed E-state index contributed by atoms with van der Waals surface area (Å²) >= 11 is 0. The van der Waals surface area contributed by atoms with E-state index in [4.69, 9.17) is 18.8 Å². The monoisotopic (exact) mass is 320 g/mol. The quantitative estimate of drug-likeness (QED) is 0.616. The molecule has 0 saturated carbocycles. The number of hydrogen-bond donors (Lipinski definition) is 0. The Morgan fingerprint density at radius 2 is 1.78 bits per heavy atom. The SMILES string of the molecule is CCCOc1cc(B2OC(C)(C)C(C)(C)O2)ccc1C(=O)OC. The summed E-state index contributed by atoms with van der Waals surface area (Å²) in [5.41, 5.74) is 0.398. The van der Waals surface area contributed by atoms with Crippen molar-refractivity contribution < 1.29 is 23.6 Å². The van der Waals surface area contributed by atoms with Gasteiger partial charge in [-0.25, -0.2) is 4.79 Å². The van der Waals surface area contributed by atoms with Crippen LogP contribution in [-0.2, 0) is 14.0 Å². The highest BCUT2D eigenvalue weighted by atomic mass is 16.7. The van der Waals surface area contributed by atoms with Crippen molar-refractivity contribution in [3.05, 3.63) is 23.8 Å². The smallest absolute Gasteiger partial charge is 0.493 e. The molecule has 0 spiro atoms. The zero-order chi connectivity index (χ0) is 17.3. The fourth-order valence-corrected chi connectivity index (χ4v) is 2.27. The Kier molecular flexibility index (Phi) is 5.06. The summed E-state index contributed by atoms with van der Waals surface area (Å²) in [6, 6.07) is 5.30. The summed E-state index contributed by atoms with van der Waals surface area (Å²) in [6.07, 6.45) is 0.849. The summed E-state index contributed by atoms with van der Waals surface area (Å²) in [5, 5.41) is 0. The van der Waals surface area contributed by atoms with Gasteiger partial charge in [0.25, 0.3) is 0 Å². The van der Waals surface area contributed by atoms with E-state index in [1.54, 1.807) is 12.1 Å². The first-order chi connectivity index (χ1) is 10.7. The number of hydrogen-bond acceptors (Lipinski definition) is 5. The molecule has 1 heterocycles. The zero-order valence-electron chi connectivity index (χ0n) is 14.8. The molecule has 1 aliphatic rings. The fourth-order valence-electron chi connectivity index (χ4n) is 2.27. The maximum atomic E-state index is 11.9. The lowest BCUT2D eigenvalue weighted by atomic mass is 9.78. The van der Waals surface area contributed by atoms with Crippen molar-refractivity contribution in [3.8, 4) is 5.75 Å². The average molecular weight is 320 g/mol. The van der Waals surface area contributed by atoms with Crippen LogP contribution >= 0.6 is 0 Å². The standard InChI is InChI=1S/C17H25BO5/c1-7-10-21-14-11-12(8-9-13(14)15(19)20-6)18-22-16(2,3)17(4,5)23-18/h8-9,11H,7,10H2,1-6H3. The highest BCUT2D eigenvalue weighted by Gasteiger charge is 2.51. The van der Waals surface area contributed by atoms with Crippen molar-refractivity contribution in [1.82, 2.24) is 0 Å². The number of methoxy groups -OCH3 is 1. The first-order valence-electron chi connectivity index (χ1n) is 7.92. The third-order valence-corrected chi connectivity index (χ3v) is 4.40. The molecule has 1 saturated heterocycles. The van der Waals surface area contributed by atoms with Crippen LogP contribution in [0.5, 0.6) is 5.75 Å². The summed E-state index contributed by atoms with van der Waals surface area (Å²) in [4.78, 5) is 11.9. The molecule has 0 atom stereocenters. The van der Waals surface area contributed by atoms with E-state index in [0.29, 0.717) is 17.9 Å². The van der Waals surface area contributed by atoms with Crippen molar-refractivity contribution in [2.45, 2.75) is 52.2 Å². The van der Waals surface area contributed by atoms with Gasteiger partial charge in [-0.3, -0.25) is 0 Å². The van der Waals surface area contributed by atoms with Crippen molar-refractivity contribution in [1.29, 1.82) is 0 Å². The highest BCUT2D eigenvalue weighted by molar-refractivity contribution is 6.62.